The zero-order chi connectivity index (χ0) is 23.5. The first kappa shape index (κ1) is 22.4. The zero-order valence-electron chi connectivity index (χ0n) is 18.4. The number of hydrogen-bond donors (Lipinski definition) is 2. The Balaban J connectivity index is 2.02. The molecule has 7 nitrogen and oxygen atoms in total. The monoisotopic (exact) mass is 463 g/mol. The van der Waals surface area contributed by atoms with E-state index in [4.69, 9.17) is 21.1 Å². The number of rotatable bonds is 7. The van der Waals surface area contributed by atoms with E-state index in [1.54, 1.807) is 26.4 Å². The number of carbonyl (C=O) groups is 2. The predicted octanol–water partition coefficient (Wildman–Crippen LogP) is 4.93. The number of nitrogens with one attached hydrogen (secondary N) is 2. The van der Waals surface area contributed by atoms with E-state index in [1.807, 2.05) is 42.5 Å². The summed E-state index contributed by atoms with van der Waals surface area (Å²) in [6.07, 6.45) is 0. The van der Waals surface area contributed by atoms with E-state index >= 15 is 0 Å². The smallest absolute Gasteiger partial charge is 0.273 e. The number of benzene rings is 3. The third kappa shape index (κ3) is 4.15. The molecule has 2 N–H and O–H groups in total. The minimum absolute atomic E-state index is 0.0967. The molecule has 0 spiro atoms. The number of fused-ring (bicyclic) bond motifs is 1. The van der Waals surface area contributed by atoms with Gasteiger partial charge in [0.1, 0.15) is 11.5 Å². The van der Waals surface area contributed by atoms with Crippen LogP contribution in [0.2, 0.25) is 0 Å². The van der Waals surface area contributed by atoms with Crippen LogP contribution >= 0.6 is 11.6 Å². The quantitative estimate of drug-likeness (QED) is 0.379. The molecular weight excluding hydrogens is 442 g/mol. The Morgan fingerprint density at radius 2 is 1.61 bits per heavy atom. The van der Waals surface area contributed by atoms with Crippen LogP contribution < -0.4 is 14.8 Å². The fraction of sp³-hybridized carbons (Fsp3) is 0.160. The highest BCUT2D eigenvalue weighted by molar-refractivity contribution is 6.68. The van der Waals surface area contributed by atoms with Gasteiger partial charge in [-0.25, -0.2) is 0 Å². The summed E-state index contributed by atoms with van der Waals surface area (Å²) in [5.74, 6) is 0.998. The zero-order valence-corrected chi connectivity index (χ0v) is 19.1. The number of amides is 1. The summed E-state index contributed by atoms with van der Waals surface area (Å²) >= 11 is 5.94. The maximum Gasteiger partial charge on any atom is 0.273 e. The summed E-state index contributed by atoms with van der Waals surface area (Å²) in [6, 6.07) is 17.0. The fourth-order valence-corrected chi connectivity index (χ4v) is 4.12. The van der Waals surface area contributed by atoms with Gasteiger partial charge in [-0.2, -0.15) is 5.10 Å². The molecule has 33 heavy (non-hydrogen) atoms. The molecule has 0 bridgehead atoms. The normalized spacial score (nSPS) is 10.8. The standard InChI is InChI=1S/C25H22ClN3O4/c1-14(30)27-13-15-11-12-18(17-8-5-4-7-16(15)17)21-23(28-29-24(21)25(26)31)22-19(32-2)9-6-10-20(22)33-3/h4-12H,13H2,1-3H3,(H,27,30)(H,28,29). The van der Waals surface area contributed by atoms with Gasteiger partial charge in [0.05, 0.1) is 25.5 Å². The van der Waals surface area contributed by atoms with E-state index in [2.05, 4.69) is 15.5 Å². The number of halogens is 1. The Labute approximate surface area is 195 Å². The molecule has 0 saturated carbocycles. The molecule has 4 aromatic rings. The lowest BCUT2D eigenvalue weighted by atomic mass is 9.91. The molecule has 0 aliphatic heterocycles. The number of ether oxygens (including phenoxy) is 2. The fourth-order valence-electron chi connectivity index (χ4n) is 3.98. The topological polar surface area (TPSA) is 93.3 Å². The summed E-state index contributed by atoms with van der Waals surface area (Å²) in [7, 11) is 3.13. The van der Waals surface area contributed by atoms with Gasteiger partial charge in [0.2, 0.25) is 5.91 Å². The molecule has 3 aromatic carbocycles. The molecular formula is C25H22ClN3O4. The average Bonchev–Trinajstić information content (AvgIpc) is 3.26. The average molecular weight is 464 g/mol. The van der Waals surface area contributed by atoms with Gasteiger partial charge in [-0.3, -0.25) is 14.7 Å². The third-order valence-corrected chi connectivity index (χ3v) is 5.62. The number of aromatic amines is 1. The van der Waals surface area contributed by atoms with Crippen molar-refractivity contribution in [1.82, 2.24) is 15.5 Å². The Morgan fingerprint density at radius 3 is 2.21 bits per heavy atom. The predicted molar refractivity (Wildman–Crippen MR) is 128 cm³/mol. The van der Waals surface area contributed by atoms with Gasteiger partial charge >= 0.3 is 0 Å². The van der Waals surface area contributed by atoms with Gasteiger partial charge in [-0.15, -0.1) is 0 Å². The molecule has 0 radical (unpaired) electrons. The van der Waals surface area contributed by atoms with Crippen LogP contribution in [0.25, 0.3) is 33.2 Å². The van der Waals surface area contributed by atoms with Crippen molar-refractivity contribution in [1.29, 1.82) is 0 Å². The summed E-state index contributed by atoms with van der Waals surface area (Å²) in [4.78, 5) is 23.8. The first-order valence-electron chi connectivity index (χ1n) is 10.2. The highest BCUT2D eigenvalue weighted by atomic mass is 35.5. The molecule has 0 saturated heterocycles. The van der Waals surface area contributed by atoms with Crippen molar-refractivity contribution in [3.8, 4) is 33.9 Å². The van der Waals surface area contributed by atoms with Crippen LogP contribution in [0.15, 0.2) is 54.6 Å². The molecule has 1 aromatic heterocycles. The highest BCUT2D eigenvalue weighted by Gasteiger charge is 2.26. The van der Waals surface area contributed by atoms with Gasteiger partial charge < -0.3 is 14.8 Å². The minimum Gasteiger partial charge on any atom is -0.496 e. The SMILES string of the molecule is COc1cccc(OC)c1-c1[nH]nc(C(=O)Cl)c1-c1ccc(CNC(C)=O)c2ccccc12. The van der Waals surface area contributed by atoms with Gasteiger partial charge in [-0.05, 0) is 45.6 Å². The van der Waals surface area contributed by atoms with Gasteiger partial charge in [-0.1, -0.05) is 42.5 Å². The Hall–Kier alpha value is -3.84. The van der Waals surface area contributed by atoms with Crippen LogP contribution in [0.5, 0.6) is 11.5 Å². The first-order chi connectivity index (χ1) is 16.0. The van der Waals surface area contributed by atoms with E-state index < -0.39 is 5.24 Å². The molecule has 8 heteroatoms. The van der Waals surface area contributed by atoms with Crippen molar-refractivity contribution in [2.75, 3.05) is 14.2 Å². The molecule has 0 atom stereocenters. The third-order valence-electron chi connectivity index (χ3n) is 5.44. The van der Waals surface area contributed by atoms with Gasteiger partial charge in [0.15, 0.2) is 5.69 Å². The first-order valence-corrected chi connectivity index (χ1v) is 10.6. The molecule has 0 fully saturated rings. The molecule has 0 aliphatic carbocycles. The second-order valence-corrected chi connectivity index (χ2v) is 7.70. The molecule has 168 valence electrons. The Morgan fingerprint density at radius 1 is 0.939 bits per heavy atom. The van der Waals surface area contributed by atoms with Crippen molar-refractivity contribution in [3.05, 3.63) is 65.9 Å². The maximum absolute atomic E-state index is 12.3. The number of H-pyrrole nitrogens is 1. The minimum atomic E-state index is -0.687. The number of aromatic nitrogens is 2. The summed E-state index contributed by atoms with van der Waals surface area (Å²) in [5.41, 5.74) is 3.52. The van der Waals surface area contributed by atoms with Crippen molar-refractivity contribution < 1.29 is 19.1 Å². The van der Waals surface area contributed by atoms with Gasteiger partial charge in [0, 0.05) is 19.0 Å². The molecule has 1 heterocycles. The summed E-state index contributed by atoms with van der Waals surface area (Å²) < 4.78 is 11.2. The highest BCUT2D eigenvalue weighted by Crippen LogP contribution is 2.45. The van der Waals surface area contributed by atoms with Crippen LogP contribution in [0.1, 0.15) is 23.0 Å². The van der Waals surface area contributed by atoms with E-state index in [1.165, 1.54) is 6.92 Å². The largest absolute Gasteiger partial charge is 0.496 e. The van der Waals surface area contributed by atoms with Crippen molar-refractivity contribution in [3.63, 3.8) is 0 Å². The molecule has 4 rings (SSSR count). The van der Waals surface area contributed by atoms with Gasteiger partial charge in [0.25, 0.3) is 5.24 Å². The maximum atomic E-state index is 12.3. The van der Waals surface area contributed by atoms with E-state index in [0.717, 1.165) is 21.9 Å². The summed E-state index contributed by atoms with van der Waals surface area (Å²) in [6.45, 7) is 1.86. The van der Waals surface area contributed by atoms with Crippen molar-refractivity contribution in [2.24, 2.45) is 0 Å². The second-order valence-electron chi connectivity index (χ2n) is 7.36. The summed E-state index contributed by atoms with van der Waals surface area (Å²) in [5, 5.41) is 11.2. The lowest BCUT2D eigenvalue weighted by Gasteiger charge is -2.16. The van der Waals surface area contributed by atoms with Crippen LogP contribution in [0, 0.1) is 0 Å². The van der Waals surface area contributed by atoms with Crippen LogP contribution in [-0.2, 0) is 11.3 Å². The Bertz CT molecular complexity index is 1340. The van der Waals surface area contributed by atoms with Crippen molar-refractivity contribution >= 4 is 33.5 Å². The number of hydrogen-bond acceptors (Lipinski definition) is 5. The Kier molecular flexibility index (Phi) is 6.33. The molecule has 1 amide bonds. The van der Waals surface area contributed by atoms with E-state index in [-0.39, 0.29) is 11.6 Å². The second kappa shape index (κ2) is 9.34. The number of carbonyl (C=O) groups excluding carboxylic acids is 2. The number of methoxy groups -OCH3 is 2. The van der Waals surface area contributed by atoms with Crippen LogP contribution in [0.4, 0.5) is 0 Å². The van der Waals surface area contributed by atoms with Crippen LogP contribution in [0.3, 0.4) is 0 Å². The number of nitrogens with zero attached hydrogens (tertiary/aromatic N) is 1. The lowest BCUT2D eigenvalue weighted by Crippen LogP contribution is -2.19. The van der Waals surface area contributed by atoms with Crippen LogP contribution in [-0.4, -0.2) is 35.6 Å². The lowest BCUT2D eigenvalue weighted by molar-refractivity contribution is -0.119. The van der Waals surface area contributed by atoms with Crippen molar-refractivity contribution in [2.45, 2.75) is 13.5 Å². The van der Waals surface area contributed by atoms with E-state index in [0.29, 0.717) is 34.9 Å². The molecule has 0 aliphatic rings. The van der Waals surface area contributed by atoms with E-state index in [9.17, 15) is 9.59 Å². The molecule has 0 unspecified atom stereocenters.